The zero-order chi connectivity index (χ0) is 25.5. The number of aromatic nitrogens is 3. The van der Waals surface area contributed by atoms with Crippen LogP contribution in [0, 0.1) is 0 Å². The van der Waals surface area contributed by atoms with Crippen LogP contribution in [0.15, 0.2) is 90.4 Å². The second-order valence-electron chi connectivity index (χ2n) is 10.3. The number of hydrogen-bond acceptors (Lipinski definition) is 3. The zero-order valence-corrected chi connectivity index (χ0v) is 22.6. The van der Waals surface area contributed by atoms with Gasteiger partial charge in [-0.25, -0.2) is 4.98 Å². The number of hydrogen-bond donors (Lipinski definition) is 0. The minimum atomic E-state index is 0.395. The van der Waals surface area contributed by atoms with Gasteiger partial charge in [0.1, 0.15) is 5.82 Å². The molecule has 0 bridgehead atoms. The Balaban J connectivity index is 1.61. The van der Waals surface area contributed by atoms with Crippen molar-refractivity contribution in [2.75, 3.05) is 0 Å². The molecular formula is C33H31N3S. The molecule has 3 aromatic heterocycles. The molecule has 0 radical (unpaired) electrons. The van der Waals surface area contributed by atoms with Crippen LogP contribution >= 0.6 is 11.3 Å². The molecule has 0 amide bonds. The van der Waals surface area contributed by atoms with E-state index in [2.05, 4.69) is 115 Å². The maximum absolute atomic E-state index is 5.25. The van der Waals surface area contributed by atoms with Crippen molar-refractivity contribution >= 4 is 32.5 Å². The van der Waals surface area contributed by atoms with E-state index in [0.29, 0.717) is 11.8 Å². The lowest BCUT2D eigenvalue weighted by atomic mass is 9.92. The van der Waals surface area contributed by atoms with Gasteiger partial charge in [-0.3, -0.25) is 9.55 Å². The number of imidazole rings is 1. The molecule has 3 aromatic carbocycles. The Hall–Kier alpha value is -3.76. The van der Waals surface area contributed by atoms with E-state index in [-0.39, 0.29) is 0 Å². The van der Waals surface area contributed by atoms with E-state index in [1.54, 1.807) is 11.3 Å². The van der Waals surface area contributed by atoms with Gasteiger partial charge >= 0.3 is 0 Å². The molecule has 0 saturated heterocycles. The summed E-state index contributed by atoms with van der Waals surface area (Å²) in [5.41, 5.74) is 9.69. The van der Waals surface area contributed by atoms with Gasteiger partial charge in [-0.1, -0.05) is 70.2 Å². The van der Waals surface area contributed by atoms with Crippen molar-refractivity contribution in [3.63, 3.8) is 0 Å². The quantitative estimate of drug-likeness (QED) is 0.228. The predicted octanol–water partition coefficient (Wildman–Crippen LogP) is 9.14. The first-order chi connectivity index (χ1) is 18.0. The largest absolute Gasteiger partial charge is 0.292 e. The number of rotatable bonds is 6. The summed E-state index contributed by atoms with van der Waals surface area (Å²) in [6, 6.07) is 28.2. The molecule has 0 N–H and O–H groups in total. The van der Waals surface area contributed by atoms with Crippen LogP contribution in [0.5, 0.6) is 0 Å². The van der Waals surface area contributed by atoms with Crippen molar-refractivity contribution in [2.45, 2.75) is 46.0 Å². The molecule has 0 aliphatic rings. The zero-order valence-electron chi connectivity index (χ0n) is 21.8. The van der Waals surface area contributed by atoms with Crippen molar-refractivity contribution < 1.29 is 0 Å². The molecule has 0 aliphatic heterocycles. The van der Waals surface area contributed by atoms with Gasteiger partial charge in [-0.05, 0) is 64.9 Å². The van der Waals surface area contributed by atoms with Crippen molar-refractivity contribution in [1.29, 1.82) is 0 Å². The monoisotopic (exact) mass is 501 g/mol. The Kier molecular flexibility index (Phi) is 6.13. The fourth-order valence-electron chi connectivity index (χ4n) is 5.27. The molecule has 0 aliphatic carbocycles. The van der Waals surface area contributed by atoms with Gasteiger partial charge in [0.2, 0.25) is 0 Å². The highest BCUT2D eigenvalue weighted by Gasteiger charge is 2.23. The van der Waals surface area contributed by atoms with Crippen LogP contribution in [-0.4, -0.2) is 14.5 Å². The average Bonchev–Trinajstić information content (AvgIpc) is 3.49. The van der Waals surface area contributed by atoms with Gasteiger partial charge in [-0.2, -0.15) is 0 Å². The minimum Gasteiger partial charge on any atom is -0.292 e. The fraction of sp³-hybridized carbons (Fsp3) is 0.212. The molecule has 3 heterocycles. The fourth-order valence-corrected chi connectivity index (χ4v) is 6.19. The van der Waals surface area contributed by atoms with Crippen LogP contribution in [-0.2, 0) is 6.42 Å². The van der Waals surface area contributed by atoms with Gasteiger partial charge < -0.3 is 0 Å². The maximum atomic E-state index is 5.25. The van der Waals surface area contributed by atoms with Crippen molar-refractivity contribution in [3.05, 3.63) is 113 Å². The number of para-hydroxylation sites is 3. The van der Waals surface area contributed by atoms with E-state index in [4.69, 9.17) is 4.98 Å². The van der Waals surface area contributed by atoms with E-state index in [1.807, 2.05) is 12.3 Å². The van der Waals surface area contributed by atoms with E-state index in [1.165, 1.54) is 38.0 Å². The second kappa shape index (κ2) is 9.60. The molecule has 37 heavy (non-hydrogen) atoms. The van der Waals surface area contributed by atoms with Gasteiger partial charge in [-0.15, -0.1) is 11.3 Å². The highest BCUT2D eigenvalue weighted by Crippen LogP contribution is 2.40. The Bertz CT molecular complexity index is 1680. The maximum Gasteiger partial charge on any atom is 0.147 e. The third-order valence-electron chi connectivity index (χ3n) is 7.12. The summed E-state index contributed by atoms with van der Waals surface area (Å²) in [5, 5.41) is 3.53. The summed E-state index contributed by atoms with van der Waals surface area (Å²) in [6.07, 6.45) is 2.68. The molecular weight excluding hydrogens is 470 g/mol. The third kappa shape index (κ3) is 4.25. The molecule has 4 heteroatoms. The summed E-state index contributed by atoms with van der Waals surface area (Å²) in [6.45, 7) is 9.13. The average molecular weight is 502 g/mol. The highest BCUT2D eigenvalue weighted by atomic mass is 32.1. The van der Waals surface area contributed by atoms with E-state index in [0.717, 1.165) is 29.0 Å². The molecule has 0 spiro atoms. The van der Waals surface area contributed by atoms with Crippen LogP contribution < -0.4 is 0 Å². The van der Waals surface area contributed by atoms with Crippen LogP contribution in [0.25, 0.3) is 38.2 Å². The van der Waals surface area contributed by atoms with Crippen LogP contribution in [0.4, 0.5) is 0 Å². The number of nitrogens with zero attached hydrogens (tertiary/aromatic N) is 3. The first-order valence-corrected chi connectivity index (χ1v) is 13.9. The number of fused-ring (bicyclic) bond motifs is 2. The van der Waals surface area contributed by atoms with E-state index >= 15 is 0 Å². The lowest BCUT2D eigenvalue weighted by molar-refractivity contribution is 0.811. The molecule has 6 aromatic rings. The predicted molar refractivity (Wildman–Crippen MR) is 157 cm³/mol. The molecule has 184 valence electrons. The third-order valence-corrected chi connectivity index (χ3v) is 8.08. The SMILES string of the molecule is CC(C)c1cccc(C(C)C)c1-n1c(-c2csc3ccc(Cc4ccccn4)cc23)nc2ccccc21. The first-order valence-electron chi connectivity index (χ1n) is 13.0. The van der Waals surface area contributed by atoms with Gasteiger partial charge in [0, 0.05) is 39.3 Å². The Morgan fingerprint density at radius 2 is 1.57 bits per heavy atom. The van der Waals surface area contributed by atoms with Crippen LogP contribution in [0.1, 0.15) is 61.9 Å². The van der Waals surface area contributed by atoms with Gasteiger partial charge in [0.15, 0.2) is 0 Å². The van der Waals surface area contributed by atoms with Crippen molar-refractivity contribution in [2.24, 2.45) is 0 Å². The Labute approximate surface area is 222 Å². The Morgan fingerprint density at radius 3 is 2.30 bits per heavy atom. The number of thiophene rings is 1. The normalized spacial score (nSPS) is 11.8. The lowest BCUT2D eigenvalue weighted by Gasteiger charge is -2.22. The van der Waals surface area contributed by atoms with E-state index < -0.39 is 0 Å². The van der Waals surface area contributed by atoms with Gasteiger partial charge in [0.05, 0.1) is 16.7 Å². The first kappa shape index (κ1) is 23.6. The summed E-state index contributed by atoms with van der Waals surface area (Å²) < 4.78 is 3.70. The number of pyridine rings is 1. The number of benzene rings is 3. The highest BCUT2D eigenvalue weighted by molar-refractivity contribution is 7.17. The Morgan fingerprint density at radius 1 is 0.811 bits per heavy atom. The molecule has 0 fully saturated rings. The van der Waals surface area contributed by atoms with Gasteiger partial charge in [0.25, 0.3) is 0 Å². The summed E-state index contributed by atoms with van der Waals surface area (Å²) in [4.78, 5) is 9.80. The molecule has 0 atom stereocenters. The lowest BCUT2D eigenvalue weighted by Crippen LogP contribution is -2.08. The minimum absolute atomic E-state index is 0.395. The summed E-state index contributed by atoms with van der Waals surface area (Å²) >= 11 is 1.79. The smallest absolute Gasteiger partial charge is 0.147 e. The van der Waals surface area contributed by atoms with Crippen LogP contribution in [0.2, 0.25) is 0 Å². The molecule has 3 nitrogen and oxygen atoms in total. The summed E-state index contributed by atoms with van der Waals surface area (Å²) in [5.74, 6) is 1.80. The van der Waals surface area contributed by atoms with E-state index in [9.17, 15) is 0 Å². The van der Waals surface area contributed by atoms with Crippen molar-refractivity contribution in [1.82, 2.24) is 14.5 Å². The topological polar surface area (TPSA) is 30.7 Å². The molecule has 0 unspecified atom stereocenters. The summed E-state index contributed by atoms with van der Waals surface area (Å²) in [7, 11) is 0. The second-order valence-corrected chi connectivity index (χ2v) is 11.2. The van der Waals surface area contributed by atoms with Crippen molar-refractivity contribution in [3.8, 4) is 17.1 Å². The molecule has 6 rings (SSSR count). The standard InChI is InChI=1S/C33H31N3S/c1-21(2)25-11-9-12-26(22(3)4)32(25)36-30-14-6-5-13-29(30)35-33(36)28-20-37-31-16-15-23(19-27(28)31)18-24-10-7-8-17-34-24/h5-17,19-22H,18H2,1-4H3. The van der Waals surface area contributed by atoms with Crippen LogP contribution in [0.3, 0.4) is 0 Å². The molecule has 0 saturated carbocycles.